The number of hydrogen-bond acceptors (Lipinski definition) is 8. The first-order valence-electron chi connectivity index (χ1n) is 6.47. The van der Waals surface area contributed by atoms with Crippen molar-refractivity contribution in [3.8, 4) is 0 Å². The highest BCUT2D eigenvalue weighted by Gasteiger charge is 2.45. The molecule has 0 saturated carbocycles. The van der Waals surface area contributed by atoms with Crippen LogP contribution in [-0.2, 0) is 38.1 Å². The van der Waals surface area contributed by atoms with Gasteiger partial charge in [0, 0.05) is 27.9 Å². The molecule has 1 heterocycles. The summed E-state index contributed by atoms with van der Waals surface area (Å²) in [6, 6.07) is 0. The molecule has 4 atom stereocenters. The van der Waals surface area contributed by atoms with Gasteiger partial charge in [0.2, 0.25) is 0 Å². The van der Waals surface area contributed by atoms with E-state index in [1.807, 2.05) is 0 Å². The highest BCUT2D eigenvalue weighted by Crippen LogP contribution is 2.24. The topological polar surface area (TPSA) is 97.4 Å². The minimum absolute atomic E-state index is 0.0172. The highest BCUT2D eigenvalue weighted by atomic mass is 16.6. The zero-order chi connectivity index (χ0) is 16.0. The molecule has 0 bridgehead atoms. The third kappa shape index (κ3) is 5.31. The molecule has 0 N–H and O–H groups in total. The number of esters is 3. The molecule has 1 aliphatic heterocycles. The van der Waals surface area contributed by atoms with Gasteiger partial charge in [-0.15, -0.1) is 0 Å². The number of rotatable bonds is 5. The molecule has 120 valence electrons. The predicted octanol–water partition coefficient (Wildman–Crippen LogP) is -0.173. The average molecular weight is 304 g/mol. The maximum Gasteiger partial charge on any atom is 0.303 e. The fourth-order valence-electron chi connectivity index (χ4n) is 2.11. The van der Waals surface area contributed by atoms with Gasteiger partial charge in [0.15, 0.2) is 12.2 Å². The molecule has 0 aromatic rings. The second kappa shape index (κ2) is 7.94. The average Bonchev–Trinajstić information content (AvgIpc) is 2.37. The minimum Gasteiger partial charge on any atom is -0.463 e. The second-order valence-corrected chi connectivity index (χ2v) is 4.60. The number of carbonyl (C=O) groups is 3. The largest absolute Gasteiger partial charge is 0.463 e. The van der Waals surface area contributed by atoms with E-state index in [2.05, 4.69) is 0 Å². The van der Waals surface area contributed by atoms with Gasteiger partial charge in [0.1, 0.15) is 18.8 Å². The lowest BCUT2D eigenvalue weighted by atomic mass is 9.99. The number of methoxy groups -OCH3 is 1. The quantitative estimate of drug-likeness (QED) is 0.510. The zero-order valence-corrected chi connectivity index (χ0v) is 12.5. The molecule has 0 aromatic carbocycles. The van der Waals surface area contributed by atoms with Gasteiger partial charge in [-0.25, -0.2) is 0 Å². The van der Waals surface area contributed by atoms with Gasteiger partial charge in [-0.3, -0.25) is 14.4 Å². The third-order valence-electron chi connectivity index (χ3n) is 2.87. The molecule has 1 fully saturated rings. The Morgan fingerprint density at radius 1 is 1.00 bits per heavy atom. The van der Waals surface area contributed by atoms with E-state index in [0.717, 1.165) is 0 Å². The molecule has 1 rings (SSSR count). The van der Waals surface area contributed by atoms with Crippen LogP contribution in [0.15, 0.2) is 0 Å². The Morgan fingerprint density at radius 3 is 2.10 bits per heavy atom. The molecule has 0 aliphatic carbocycles. The second-order valence-electron chi connectivity index (χ2n) is 4.60. The molecule has 8 nitrogen and oxygen atoms in total. The monoisotopic (exact) mass is 304 g/mol. The SMILES string of the molecule is CO[C@@H]1[C@H](OC(C)=O)[C@@H](OC(C)=O)CO[C@H]1COC(C)=O. The molecule has 1 aliphatic rings. The van der Waals surface area contributed by atoms with E-state index in [-0.39, 0.29) is 13.2 Å². The van der Waals surface area contributed by atoms with Gasteiger partial charge in [0.05, 0.1) is 6.61 Å². The zero-order valence-electron chi connectivity index (χ0n) is 12.5. The van der Waals surface area contributed by atoms with E-state index < -0.39 is 42.3 Å². The summed E-state index contributed by atoms with van der Waals surface area (Å²) in [5, 5.41) is 0. The van der Waals surface area contributed by atoms with Crippen molar-refractivity contribution in [3.05, 3.63) is 0 Å². The third-order valence-corrected chi connectivity index (χ3v) is 2.87. The van der Waals surface area contributed by atoms with Crippen molar-refractivity contribution < 1.29 is 38.1 Å². The number of hydrogen-bond donors (Lipinski definition) is 0. The Labute approximate surface area is 122 Å². The summed E-state index contributed by atoms with van der Waals surface area (Å²) >= 11 is 0. The first kappa shape index (κ1) is 17.4. The fraction of sp³-hybridized carbons (Fsp3) is 0.769. The van der Waals surface area contributed by atoms with Crippen LogP contribution in [0.1, 0.15) is 20.8 Å². The van der Waals surface area contributed by atoms with E-state index in [9.17, 15) is 14.4 Å². The van der Waals surface area contributed by atoms with Gasteiger partial charge in [-0.05, 0) is 0 Å². The van der Waals surface area contributed by atoms with Crippen LogP contribution < -0.4 is 0 Å². The van der Waals surface area contributed by atoms with Gasteiger partial charge in [-0.2, -0.15) is 0 Å². The van der Waals surface area contributed by atoms with E-state index in [0.29, 0.717) is 0 Å². The van der Waals surface area contributed by atoms with Crippen LogP contribution in [0.25, 0.3) is 0 Å². The fourth-order valence-corrected chi connectivity index (χ4v) is 2.11. The van der Waals surface area contributed by atoms with Crippen LogP contribution in [0.4, 0.5) is 0 Å². The molecule has 0 spiro atoms. The van der Waals surface area contributed by atoms with Crippen LogP contribution in [-0.4, -0.2) is 62.6 Å². The smallest absolute Gasteiger partial charge is 0.303 e. The summed E-state index contributed by atoms with van der Waals surface area (Å²) in [5.41, 5.74) is 0. The lowest BCUT2D eigenvalue weighted by Crippen LogP contribution is -2.57. The normalized spacial score (nSPS) is 28.6. The Bertz CT molecular complexity index is 394. The first-order valence-corrected chi connectivity index (χ1v) is 6.47. The highest BCUT2D eigenvalue weighted by molar-refractivity contribution is 5.67. The summed E-state index contributed by atoms with van der Waals surface area (Å²) in [5.74, 6) is -1.51. The molecule has 0 radical (unpaired) electrons. The molecule has 21 heavy (non-hydrogen) atoms. The van der Waals surface area contributed by atoms with Gasteiger partial charge >= 0.3 is 17.9 Å². The molecule has 0 amide bonds. The van der Waals surface area contributed by atoms with E-state index in [4.69, 9.17) is 23.7 Å². The van der Waals surface area contributed by atoms with E-state index in [1.54, 1.807) is 0 Å². The van der Waals surface area contributed by atoms with Crippen molar-refractivity contribution in [2.75, 3.05) is 20.3 Å². The summed E-state index contributed by atoms with van der Waals surface area (Å²) in [6.07, 6.45) is -2.93. The summed E-state index contributed by atoms with van der Waals surface area (Å²) in [7, 11) is 1.40. The lowest BCUT2D eigenvalue weighted by Gasteiger charge is -2.40. The lowest BCUT2D eigenvalue weighted by molar-refractivity contribution is -0.228. The minimum atomic E-state index is -0.828. The molecule has 0 unspecified atom stereocenters. The molecule has 0 aromatic heterocycles. The van der Waals surface area contributed by atoms with Gasteiger partial charge in [0.25, 0.3) is 0 Å². The Morgan fingerprint density at radius 2 is 1.62 bits per heavy atom. The van der Waals surface area contributed by atoms with Gasteiger partial charge in [-0.1, -0.05) is 0 Å². The van der Waals surface area contributed by atoms with Crippen molar-refractivity contribution in [3.63, 3.8) is 0 Å². The molecular weight excluding hydrogens is 284 g/mol. The van der Waals surface area contributed by atoms with Crippen molar-refractivity contribution >= 4 is 17.9 Å². The van der Waals surface area contributed by atoms with Crippen LogP contribution in [0.5, 0.6) is 0 Å². The number of carbonyl (C=O) groups excluding carboxylic acids is 3. The maximum absolute atomic E-state index is 11.2. The van der Waals surface area contributed by atoms with Crippen LogP contribution >= 0.6 is 0 Å². The van der Waals surface area contributed by atoms with Crippen molar-refractivity contribution in [1.29, 1.82) is 0 Å². The van der Waals surface area contributed by atoms with Crippen LogP contribution in [0.2, 0.25) is 0 Å². The van der Waals surface area contributed by atoms with Crippen molar-refractivity contribution in [1.82, 2.24) is 0 Å². The Balaban J connectivity index is 2.83. The Hall–Kier alpha value is -1.67. The van der Waals surface area contributed by atoms with Crippen LogP contribution in [0, 0.1) is 0 Å². The van der Waals surface area contributed by atoms with Gasteiger partial charge < -0.3 is 23.7 Å². The summed E-state index contributed by atoms with van der Waals surface area (Å²) in [4.78, 5) is 33.2. The van der Waals surface area contributed by atoms with Crippen molar-refractivity contribution in [2.24, 2.45) is 0 Å². The molecular formula is C13H20O8. The standard InChI is InChI=1S/C13H20O8/c1-7(14)18-5-10-12(17-4)13(21-9(3)16)11(6-19-10)20-8(2)15/h10-13H,5-6H2,1-4H3/t10-,11-,12-,13+/m0/s1. The van der Waals surface area contributed by atoms with E-state index >= 15 is 0 Å². The maximum atomic E-state index is 11.2. The van der Waals surface area contributed by atoms with E-state index in [1.165, 1.54) is 27.9 Å². The summed E-state index contributed by atoms with van der Waals surface area (Å²) < 4.78 is 25.9. The van der Waals surface area contributed by atoms with Crippen LogP contribution in [0.3, 0.4) is 0 Å². The Kier molecular flexibility index (Phi) is 6.57. The predicted molar refractivity (Wildman–Crippen MR) is 68.3 cm³/mol. The molecule has 1 saturated heterocycles. The summed E-state index contributed by atoms with van der Waals surface area (Å²) in [6.45, 7) is 3.74. The first-order chi connectivity index (χ1) is 9.85. The molecule has 8 heteroatoms. The van der Waals surface area contributed by atoms with Crippen molar-refractivity contribution in [2.45, 2.75) is 45.2 Å². The number of ether oxygens (including phenoxy) is 5.